The summed E-state index contributed by atoms with van der Waals surface area (Å²) >= 11 is 0. The number of carbonyl (C=O) groups excluding carboxylic acids is 7. The predicted octanol–water partition coefficient (Wildman–Crippen LogP) is 5.43. The quantitative estimate of drug-likeness (QED) is 0.127. The normalized spacial score (nSPS) is 26.2. The zero-order chi connectivity index (χ0) is 41.2. The van der Waals surface area contributed by atoms with Crippen LogP contribution in [0.1, 0.15) is 87.6 Å². The summed E-state index contributed by atoms with van der Waals surface area (Å²) in [4.78, 5) is 89.4. The average molecular weight is 767 g/mol. The van der Waals surface area contributed by atoms with Gasteiger partial charge in [-0.15, -0.1) is 0 Å². The number of benzene rings is 1. The summed E-state index contributed by atoms with van der Waals surface area (Å²) in [6.07, 6.45) is -2.22. The molecule has 0 fully saturated rings. The molecule has 14 nitrogen and oxygen atoms in total. The molecule has 0 unspecified atom stereocenters. The number of esters is 7. The Balaban J connectivity index is 2.51. The maximum atomic E-state index is 13.5. The minimum atomic E-state index is -1.45. The van der Waals surface area contributed by atoms with Crippen LogP contribution in [0.2, 0.25) is 0 Å². The number of ether oxygens (including phenoxy) is 7. The summed E-state index contributed by atoms with van der Waals surface area (Å²) < 4.78 is 40.8. The third kappa shape index (κ3) is 12.2. The topological polar surface area (TPSA) is 184 Å². The van der Waals surface area contributed by atoms with Crippen molar-refractivity contribution in [2.75, 3.05) is 6.61 Å². The van der Waals surface area contributed by atoms with Gasteiger partial charge in [-0.2, -0.15) is 0 Å². The van der Waals surface area contributed by atoms with Crippen LogP contribution in [0.5, 0.6) is 0 Å². The highest BCUT2D eigenvalue weighted by molar-refractivity contribution is 5.87. The van der Waals surface area contributed by atoms with Gasteiger partial charge in [0.1, 0.15) is 31.0 Å². The molecule has 0 aliphatic heterocycles. The van der Waals surface area contributed by atoms with E-state index in [9.17, 15) is 33.6 Å². The summed E-state index contributed by atoms with van der Waals surface area (Å²) in [5, 5.41) is 0. The number of hydrogen-bond acceptors (Lipinski definition) is 14. The second-order valence-electron chi connectivity index (χ2n) is 14.0. The van der Waals surface area contributed by atoms with Gasteiger partial charge in [0.25, 0.3) is 0 Å². The molecule has 14 heteroatoms. The zero-order valence-electron chi connectivity index (χ0n) is 32.9. The van der Waals surface area contributed by atoms with Gasteiger partial charge in [0.2, 0.25) is 0 Å². The molecule has 0 saturated heterocycles. The monoisotopic (exact) mass is 766 g/mol. The molecule has 0 aromatic heterocycles. The Bertz CT molecular complexity index is 1780. The van der Waals surface area contributed by atoms with Crippen LogP contribution in [-0.2, 0) is 66.7 Å². The Kier molecular flexibility index (Phi) is 15.3. The number of fused-ring (bicyclic) bond motifs is 2. The molecule has 6 atom stereocenters. The van der Waals surface area contributed by atoms with E-state index in [-0.39, 0.29) is 29.7 Å². The SMILES string of the molecule is CC(=O)OC/C1=C/[C@H](OC(C)=O)[C@@H]2C[C@H](OC(C)=O)C(C)=C([C@@H](OC(C)=O)/C(OC(C)=O)=C(/C)[C@@H](OC(C)=O)C[C@@H]1OC(=O)/C=C/c1ccccc1)C2(C)C. The van der Waals surface area contributed by atoms with Crippen molar-refractivity contribution in [2.24, 2.45) is 11.3 Å². The van der Waals surface area contributed by atoms with E-state index in [2.05, 4.69) is 0 Å². The lowest BCUT2D eigenvalue weighted by Crippen LogP contribution is -2.49. The zero-order valence-corrected chi connectivity index (χ0v) is 32.9. The van der Waals surface area contributed by atoms with Crippen molar-refractivity contribution in [3.8, 4) is 0 Å². The van der Waals surface area contributed by atoms with Crippen molar-refractivity contribution in [2.45, 2.75) is 113 Å². The van der Waals surface area contributed by atoms with Gasteiger partial charge in [-0.05, 0) is 54.5 Å². The highest BCUT2D eigenvalue weighted by atomic mass is 16.6. The van der Waals surface area contributed by atoms with E-state index in [0.717, 1.165) is 20.8 Å². The van der Waals surface area contributed by atoms with Crippen molar-refractivity contribution < 1.29 is 66.7 Å². The molecular formula is C41H50O14. The van der Waals surface area contributed by atoms with Crippen molar-refractivity contribution in [3.63, 3.8) is 0 Å². The van der Waals surface area contributed by atoms with E-state index < -0.39 is 90.2 Å². The minimum absolute atomic E-state index is 0.0932. The molecule has 298 valence electrons. The van der Waals surface area contributed by atoms with Crippen LogP contribution in [0.15, 0.2) is 70.5 Å². The van der Waals surface area contributed by atoms with Crippen LogP contribution in [0.25, 0.3) is 6.08 Å². The Labute approximate surface area is 320 Å². The van der Waals surface area contributed by atoms with Gasteiger partial charge in [-0.25, -0.2) is 4.79 Å². The standard InChI is InChI=1S/C41H50O14/c1-22-33(50-25(4)43)19-32-36(52-27(6)45)18-31(21-49-24(3)42)35(55-37(48)17-16-30-14-12-11-13-15-30)20-34(51-26(5)44)23(2)39(53-28(7)46)40(54-29(8)47)38(22)41(32,9)10/h11-18,32-36,40H,19-21H2,1-10H3/b17-16+,31-18-,39-23+/t32-,33-,34-,35-,36-,40+/m0/s1. The van der Waals surface area contributed by atoms with Crippen LogP contribution < -0.4 is 0 Å². The first-order valence-corrected chi connectivity index (χ1v) is 17.8. The van der Waals surface area contributed by atoms with E-state index in [1.54, 1.807) is 45.0 Å². The van der Waals surface area contributed by atoms with Crippen molar-refractivity contribution >= 4 is 47.9 Å². The molecule has 0 amide bonds. The highest BCUT2D eigenvalue weighted by Gasteiger charge is 2.51. The van der Waals surface area contributed by atoms with Crippen LogP contribution >= 0.6 is 0 Å². The molecule has 0 saturated carbocycles. The van der Waals surface area contributed by atoms with Gasteiger partial charge in [0.05, 0.1) is 0 Å². The molecular weight excluding hydrogens is 716 g/mol. The van der Waals surface area contributed by atoms with E-state index in [4.69, 9.17) is 33.2 Å². The summed E-state index contributed by atoms with van der Waals surface area (Å²) in [5.41, 5.74) is 0.698. The van der Waals surface area contributed by atoms with Crippen LogP contribution in [0.4, 0.5) is 0 Å². The molecule has 2 aliphatic carbocycles. The van der Waals surface area contributed by atoms with Crippen molar-refractivity contribution in [1.82, 2.24) is 0 Å². The Morgan fingerprint density at radius 3 is 1.76 bits per heavy atom. The third-order valence-electron chi connectivity index (χ3n) is 9.35. The minimum Gasteiger partial charge on any atom is -0.461 e. The summed E-state index contributed by atoms with van der Waals surface area (Å²) in [6.45, 7) is 13.4. The fourth-order valence-corrected chi connectivity index (χ4v) is 7.03. The summed E-state index contributed by atoms with van der Waals surface area (Å²) in [5.74, 6) is -6.12. The lowest BCUT2D eigenvalue weighted by molar-refractivity contribution is -0.156. The lowest BCUT2D eigenvalue weighted by Gasteiger charge is -2.48. The molecule has 2 aliphatic rings. The van der Waals surface area contributed by atoms with Crippen molar-refractivity contribution in [3.05, 3.63) is 76.1 Å². The number of hydrogen-bond donors (Lipinski definition) is 0. The van der Waals surface area contributed by atoms with E-state index in [0.29, 0.717) is 16.7 Å². The van der Waals surface area contributed by atoms with Gasteiger partial charge < -0.3 is 33.2 Å². The summed E-state index contributed by atoms with van der Waals surface area (Å²) in [7, 11) is 0. The Morgan fingerprint density at radius 1 is 0.673 bits per heavy atom. The molecule has 55 heavy (non-hydrogen) atoms. The van der Waals surface area contributed by atoms with Crippen LogP contribution in [-0.4, -0.2) is 78.9 Å². The summed E-state index contributed by atoms with van der Waals surface area (Å²) in [6, 6.07) is 8.94. The van der Waals surface area contributed by atoms with E-state index in [1.165, 1.54) is 45.9 Å². The number of rotatable bonds is 10. The maximum absolute atomic E-state index is 13.5. The van der Waals surface area contributed by atoms with Gasteiger partial charge in [0, 0.05) is 71.1 Å². The second-order valence-corrected chi connectivity index (χ2v) is 14.0. The molecule has 0 heterocycles. The first kappa shape index (κ1) is 43.9. The van der Waals surface area contributed by atoms with Gasteiger partial charge >= 0.3 is 41.8 Å². The molecule has 0 spiro atoms. The van der Waals surface area contributed by atoms with Gasteiger partial charge in [-0.1, -0.05) is 44.2 Å². The lowest BCUT2D eigenvalue weighted by atomic mass is 9.60. The second kappa shape index (κ2) is 19.2. The molecule has 1 aromatic carbocycles. The fraction of sp³-hybridized carbons (Fsp3) is 0.488. The van der Waals surface area contributed by atoms with E-state index in [1.807, 2.05) is 6.07 Å². The molecule has 0 N–H and O–H groups in total. The van der Waals surface area contributed by atoms with Crippen LogP contribution in [0, 0.1) is 11.3 Å². The van der Waals surface area contributed by atoms with Gasteiger partial charge in [-0.3, -0.25) is 28.8 Å². The highest BCUT2D eigenvalue weighted by Crippen LogP contribution is 2.52. The number of carbonyl (C=O) groups is 7. The molecule has 2 bridgehead atoms. The molecule has 0 radical (unpaired) electrons. The third-order valence-corrected chi connectivity index (χ3v) is 9.35. The first-order valence-electron chi connectivity index (χ1n) is 17.8. The van der Waals surface area contributed by atoms with E-state index >= 15 is 0 Å². The fourth-order valence-electron chi connectivity index (χ4n) is 7.03. The Morgan fingerprint density at radius 2 is 1.24 bits per heavy atom. The molecule has 3 rings (SSSR count). The average Bonchev–Trinajstić information content (AvgIpc) is 3.06. The first-order chi connectivity index (χ1) is 25.7. The predicted molar refractivity (Wildman–Crippen MR) is 196 cm³/mol. The van der Waals surface area contributed by atoms with Crippen molar-refractivity contribution in [1.29, 1.82) is 0 Å². The smallest absolute Gasteiger partial charge is 0.331 e. The largest absolute Gasteiger partial charge is 0.461 e. The molecule has 1 aromatic rings. The van der Waals surface area contributed by atoms with Crippen LogP contribution in [0.3, 0.4) is 0 Å². The maximum Gasteiger partial charge on any atom is 0.331 e. The Hall–Kier alpha value is -5.53. The van der Waals surface area contributed by atoms with Gasteiger partial charge in [0.15, 0.2) is 11.9 Å².